The van der Waals surface area contributed by atoms with E-state index >= 15 is 0 Å². The molecule has 3 nitrogen and oxygen atoms in total. The van der Waals surface area contributed by atoms with Gasteiger partial charge in [-0.3, -0.25) is 4.79 Å². The number of rotatable bonds is 5. The van der Waals surface area contributed by atoms with Crippen molar-refractivity contribution in [3.63, 3.8) is 0 Å². The fourth-order valence-corrected chi connectivity index (χ4v) is 2.04. The summed E-state index contributed by atoms with van der Waals surface area (Å²) < 4.78 is 33.7. The summed E-state index contributed by atoms with van der Waals surface area (Å²) in [5, 5.41) is 0. The number of Topliss-reactive ketones (excluding diaryl/α,β-unsaturated/α-hetero) is 1. The highest BCUT2D eigenvalue weighted by molar-refractivity contribution is 6.02. The number of ketones is 1. The van der Waals surface area contributed by atoms with Crippen molar-refractivity contribution in [2.24, 2.45) is 0 Å². The van der Waals surface area contributed by atoms with Crippen LogP contribution in [0.15, 0.2) is 48.5 Å². The molecule has 0 amide bonds. The molecule has 0 bridgehead atoms. The minimum Gasteiger partial charge on any atom is -0.497 e. The molecule has 0 fully saturated rings. The Balaban J connectivity index is 2.33. The van der Waals surface area contributed by atoms with Crippen molar-refractivity contribution in [1.29, 1.82) is 0 Å². The molecule has 22 heavy (non-hydrogen) atoms. The Morgan fingerprint density at radius 1 is 1.09 bits per heavy atom. The summed E-state index contributed by atoms with van der Waals surface area (Å²) in [5.74, 6) is -4.55. The molecule has 0 atom stereocenters. The van der Waals surface area contributed by atoms with E-state index in [1.807, 2.05) is 19.0 Å². The van der Waals surface area contributed by atoms with Gasteiger partial charge in [0, 0.05) is 30.9 Å². The van der Waals surface area contributed by atoms with Gasteiger partial charge in [-0.1, -0.05) is 12.1 Å². The first-order valence-corrected chi connectivity index (χ1v) is 6.71. The molecule has 0 spiro atoms. The standard InChI is InChI=1S/C17H17F2NO2/c1-20(2)14-9-7-12(8-10-14)16(21)17(18,19)13-5-4-6-15(11-13)22-3/h4-11H,1-3H3. The second kappa shape index (κ2) is 6.13. The van der Waals surface area contributed by atoms with Gasteiger partial charge in [-0.25, -0.2) is 0 Å². The Hall–Kier alpha value is -2.43. The van der Waals surface area contributed by atoms with Crippen LogP contribution in [-0.4, -0.2) is 27.0 Å². The third kappa shape index (κ3) is 3.08. The first-order valence-electron chi connectivity index (χ1n) is 6.71. The van der Waals surface area contributed by atoms with Crippen molar-refractivity contribution in [3.05, 3.63) is 59.7 Å². The van der Waals surface area contributed by atoms with Crippen molar-refractivity contribution in [1.82, 2.24) is 0 Å². The van der Waals surface area contributed by atoms with Gasteiger partial charge < -0.3 is 9.64 Å². The van der Waals surface area contributed by atoms with Crippen LogP contribution >= 0.6 is 0 Å². The van der Waals surface area contributed by atoms with E-state index in [-0.39, 0.29) is 16.9 Å². The zero-order chi connectivity index (χ0) is 16.3. The van der Waals surface area contributed by atoms with Gasteiger partial charge in [-0.15, -0.1) is 0 Å². The van der Waals surface area contributed by atoms with Crippen LogP contribution in [0.25, 0.3) is 0 Å². The monoisotopic (exact) mass is 305 g/mol. The summed E-state index contributed by atoms with van der Waals surface area (Å²) in [6.07, 6.45) is 0. The van der Waals surface area contributed by atoms with E-state index in [1.165, 1.54) is 37.4 Å². The van der Waals surface area contributed by atoms with Gasteiger partial charge in [-0.05, 0) is 36.4 Å². The number of halogens is 2. The smallest absolute Gasteiger partial charge is 0.335 e. The molecule has 0 saturated carbocycles. The number of ether oxygens (including phenoxy) is 1. The van der Waals surface area contributed by atoms with Crippen LogP contribution in [0.3, 0.4) is 0 Å². The van der Waals surface area contributed by atoms with Crippen molar-refractivity contribution in [2.75, 3.05) is 26.1 Å². The van der Waals surface area contributed by atoms with Crippen molar-refractivity contribution >= 4 is 11.5 Å². The summed E-state index contributed by atoms with van der Waals surface area (Å²) in [4.78, 5) is 14.0. The van der Waals surface area contributed by atoms with Crippen LogP contribution in [0.1, 0.15) is 15.9 Å². The molecule has 0 aromatic heterocycles. The lowest BCUT2D eigenvalue weighted by atomic mass is 9.98. The number of carbonyl (C=O) groups is 1. The van der Waals surface area contributed by atoms with Crippen LogP contribution < -0.4 is 9.64 Å². The zero-order valence-corrected chi connectivity index (χ0v) is 12.6. The summed E-state index contributed by atoms with van der Waals surface area (Å²) >= 11 is 0. The van der Waals surface area contributed by atoms with Crippen molar-refractivity contribution in [2.45, 2.75) is 5.92 Å². The summed E-state index contributed by atoms with van der Waals surface area (Å²) in [6, 6.07) is 11.5. The van der Waals surface area contributed by atoms with E-state index in [1.54, 1.807) is 18.2 Å². The van der Waals surface area contributed by atoms with Gasteiger partial charge in [0.1, 0.15) is 5.75 Å². The normalized spacial score (nSPS) is 11.1. The molecule has 0 heterocycles. The lowest BCUT2D eigenvalue weighted by Gasteiger charge is -2.17. The number of carbonyl (C=O) groups excluding carboxylic acids is 1. The van der Waals surface area contributed by atoms with Crippen molar-refractivity contribution < 1.29 is 18.3 Å². The van der Waals surface area contributed by atoms with Gasteiger partial charge >= 0.3 is 5.92 Å². The van der Waals surface area contributed by atoms with Crippen LogP contribution in [0.5, 0.6) is 5.75 Å². The molecule has 2 aromatic rings. The average molecular weight is 305 g/mol. The molecule has 0 aliphatic carbocycles. The number of hydrogen-bond donors (Lipinski definition) is 0. The number of methoxy groups -OCH3 is 1. The highest BCUT2D eigenvalue weighted by atomic mass is 19.3. The molecule has 2 aromatic carbocycles. The zero-order valence-electron chi connectivity index (χ0n) is 12.6. The van der Waals surface area contributed by atoms with E-state index in [0.29, 0.717) is 0 Å². The molecular formula is C17H17F2NO2. The Labute approximate surface area is 128 Å². The number of nitrogens with zero attached hydrogens (tertiary/aromatic N) is 1. The highest BCUT2D eigenvalue weighted by Gasteiger charge is 2.41. The quantitative estimate of drug-likeness (QED) is 0.788. The van der Waals surface area contributed by atoms with Gasteiger partial charge in [0.2, 0.25) is 5.78 Å². The van der Waals surface area contributed by atoms with E-state index in [2.05, 4.69) is 0 Å². The minimum absolute atomic E-state index is 0.0292. The van der Waals surface area contributed by atoms with Crippen LogP contribution in [0.2, 0.25) is 0 Å². The predicted octanol–water partition coefficient (Wildman–Crippen LogP) is 3.74. The molecule has 0 aliphatic rings. The number of alkyl halides is 2. The topological polar surface area (TPSA) is 29.5 Å². The minimum atomic E-state index is -3.60. The van der Waals surface area contributed by atoms with E-state index in [9.17, 15) is 13.6 Å². The van der Waals surface area contributed by atoms with Gasteiger partial charge in [-0.2, -0.15) is 8.78 Å². The Bertz CT molecular complexity index is 667. The van der Waals surface area contributed by atoms with Gasteiger partial charge in [0.15, 0.2) is 0 Å². The predicted molar refractivity (Wildman–Crippen MR) is 82.0 cm³/mol. The molecule has 0 unspecified atom stereocenters. The lowest BCUT2D eigenvalue weighted by Crippen LogP contribution is -2.26. The lowest BCUT2D eigenvalue weighted by molar-refractivity contribution is 0.00732. The first kappa shape index (κ1) is 15.9. The van der Waals surface area contributed by atoms with E-state index in [0.717, 1.165) is 5.69 Å². The maximum atomic E-state index is 14.4. The van der Waals surface area contributed by atoms with Crippen LogP contribution in [0, 0.1) is 0 Å². The van der Waals surface area contributed by atoms with E-state index in [4.69, 9.17) is 4.74 Å². The van der Waals surface area contributed by atoms with E-state index < -0.39 is 11.7 Å². The third-order valence-corrected chi connectivity index (χ3v) is 3.36. The van der Waals surface area contributed by atoms with Crippen molar-refractivity contribution in [3.8, 4) is 5.75 Å². The molecule has 0 radical (unpaired) electrons. The summed E-state index contributed by atoms with van der Waals surface area (Å²) in [5.41, 5.74) is 0.424. The molecule has 116 valence electrons. The highest BCUT2D eigenvalue weighted by Crippen LogP contribution is 2.34. The second-order valence-corrected chi connectivity index (χ2v) is 5.08. The fourth-order valence-electron chi connectivity index (χ4n) is 2.04. The molecule has 2 rings (SSSR count). The fraction of sp³-hybridized carbons (Fsp3) is 0.235. The SMILES string of the molecule is COc1cccc(C(F)(F)C(=O)c2ccc(N(C)C)cc2)c1. The number of hydrogen-bond acceptors (Lipinski definition) is 3. The first-order chi connectivity index (χ1) is 10.4. The third-order valence-electron chi connectivity index (χ3n) is 3.36. The number of benzene rings is 2. The Morgan fingerprint density at radius 2 is 1.73 bits per heavy atom. The molecule has 0 saturated heterocycles. The summed E-state index contributed by atoms with van der Waals surface area (Å²) in [7, 11) is 5.06. The molecular weight excluding hydrogens is 288 g/mol. The largest absolute Gasteiger partial charge is 0.497 e. The maximum absolute atomic E-state index is 14.4. The van der Waals surface area contributed by atoms with Gasteiger partial charge in [0.05, 0.1) is 7.11 Å². The van der Waals surface area contributed by atoms with Crippen LogP contribution in [-0.2, 0) is 5.92 Å². The second-order valence-electron chi connectivity index (χ2n) is 5.08. The van der Waals surface area contributed by atoms with Gasteiger partial charge in [0.25, 0.3) is 0 Å². The molecule has 0 N–H and O–H groups in total. The summed E-state index contributed by atoms with van der Waals surface area (Å²) in [6.45, 7) is 0. The molecule has 0 aliphatic heterocycles. The average Bonchev–Trinajstić information content (AvgIpc) is 2.54. The van der Waals surface area contributed by atoms with Crippen LogP contribution in [0.4, 0.5) is 14.5 Å². The Kier molecular flexibility index (Phi) is 4.45. The molecule has 5 heteroatoms. The Morgan fingerprint density at radius 3 is 2.27 bits per heavy atom. The maximum Gasteiger partial charge on any atom is 0.335 e. The number of anilines is 1.